The number of ether oxygens (including phenoxy) is 2. The lowest BCUT2D eigenvalue weighted by Crippen LogP contribution is -2.23. The molecular formula is C19H15N3O3S. The van der Waals surface area contributed by atoms with Gasteiger partial charge in [-0.3, -0.25) is 4.79 Å². The Morgan fingerprint density at radius 3 is 2.58 bits per heavy atom. The maximum absolute atomic E-state index is 12.9. The van der Waals surface area contributed by atoms with Gasteiger partial charge in [-0.15, -0.1) is 10.2 Å². The highest BCUT2D eigenvalue weighted by molar-refractivity contribution is 7.15. The normalized spacial score (nSPS) is 11.8. The number of rotatable bonds is 4. The monoisotopic (exact) mass is 365 g/mol. The molecule has 0 unspecified atom stereocenters. The molecule has 0 atom stereocenters. The van der Waals surface area contributed by atoms with E-state index in [0.717, 1.165) is 11.1 Å². The summed E-state index contributed by atoms with van der Waals surface area (Å²) in [6.07, 6.45) is 1.79. The van der Waals surface area contributed by atoms with E-state index < -0.39 is 0 Å². The average Bonchev–Trinajstić information content (AvgIpc) is 3.23. The zero-order valence-corrected chi connectivity index (χ0v) is 15.0. The van der Waals surface area contributed by atoms with Crippen LogP contribution in [0.25, 0.3) is 22.4 Å². The van der Waals surface area contributed by atoms with Gasteiger partial charge in [-0.05, 0) is 24.3 Å². The Morgan fingerprint density at radius 2 is 1.85 bits per heavy atom. The van der Waals surface area contributed by atoms with Crippen molar-refractivity contribution < 1.29 is 9.47 Å². The third-order valence-corrected chi connectivity index (χ3v) is 4.96. The standard InChI is InChI=1S/C19H15N3O3S/c1-24-14-8-9-15(25-2)13(10-14)11-16-18(23)22-17(20-21-19(22)26-16)12-6-4-3-5-7-12/h3-11H,1-2H3/b16-11+. The van der Waals surface area contributed by atoms with Crippen molar-refractivity contribution in [2.24, 2.45) is 0 Å². The first-order valence-corrected chi connectivity index (χ1v) is 8.70. The van der Waals surface area contributed by atoms with Gasteiger partial charge in [0, 0.05) is 11.1 Å². The summed E-state index contributed by atoms with van der Waals surface area (Å²) in [5, 5.41) is 8.31. The average molecular weight is 365 g/mol. The third-order valence-electron chi connectivity index (χ3n) is 4.00. The fraction of sp³-hybridized carbons (Fsp3) is 0.105. The highest BCUT2D eigenvalue weighted by Gasteiger charge is 2.14. The number of methoxy groups -OCH3 is 2. The van der Waals surface area contributed by atoms with Crippen LogP contribution in [0.5, 0.6) is 11.5 Å². The van der Waals surface area contributed by atoms with Gasteiger partial charge >= 0.3 is 0 Å². The molecule has 2 heterocycles. The minimum Gasteiger partial charge on any atom is -0.497 e. The molecule has 0 aliphatic heterocycles. The fourth-order valence-corrected chi connectivity index (χ4v) is 3.63. The summed E-state index contributed by atoms with van der Waals surface area (Å²) >= 11 is 1.29. The third kappa shape index (κ3) is 2.72. The zero-order chi connectivity index (χ0) is 18.1. The summed E-state index contributed by atoms with van der Waals surface area (Å²) in [7, 11) is 3.19. The molecule has 0 aliphatic rings. The molecule has 26 heavy (non-hydrogen) atoms. The second kappa shape index (κ2) is 6.61. The SMILES string of the molecule is COc1ccc(OC)c(/C=c2/sc3nnc(-c4ccccc4)n3c2=O)c1. The van der Waals surface area contributed by atoms with Crippen molar-refractivity contribution in [1.82, 2.24) is 14.6 Å². The van der Waals surface area contributed by atoms with Crippen LogP contribution in [0.4, 0.5) is 0 Å². The van der Waals surface area contributed by atoms with Gasteiger partial charge in [0.2, 0.25) is 4.96 Å². The molecule has 0 N–H and O–H groups in total. The Balaban J connectivity index is 1.92. The van der Waals surface area contributed by atoms with Crippen LogP contribution in [-0.2, 0) is 0 Å². The van der Waals surface area contributed by atoms with E-state index in [0.29, 0.717) is 26.8 Å². The summed E-state index contributed by atoms with van der Waals surface area (Å²) < 4.78 is 12.7. The molecule has 0 radical (unpaired) electrons. The first kappa shape index (κ1) is 16.3. The van der Waals surface area contributed by atoms with Crippen molar-refractivity contribution in [3.05, 3.63) is 69.0 Å². The quantitative estimate of drug-likeness (QED) is 0.556. The van der Waals surface area contributed by atoms with E-state index in [2.05, 4.69) is 10.2 Å². The van der Waals surface area contributed by atoms with Crippen LogP contribution in [0.2, 0.25) is 0 Å². The molecule has 0 amide bonds. The molecular weight excluding hydrogens is 350 g/mol. The van der Waals surface area contributed by atoms with Gasteiger partial charge in [-0.1, -0.05) is 41.7 Å². The predicted octanol–water partition coefficient (Wildman–Crippen LogP) is 2.38. The molecule has 130 valence electrons. The van der Waals surface area contributed by atoms with Crippen LogP contribution in [0.1, 0.15) is 5.56 Å². The number of hydrogen-bond donors (Lipinski definition) is 0. The first-order chi connectivity index (χ1) is 12.7. The lowest BCUT2D eigenvalue weighted by atomic mass is 10.2. The highest BCUT2D eigenvalue weighted by Crippen LogP contribution is 2.24. The van der Waals surface area contributed by atoms with Crippen LogP contribution in [-0.4, -0.2) is 28.8 Å². The van der Waals surface area contributed by atoms with Gasteiger partial charge in [-0.2, -0.15) is 0 Å². The van der Waals surface area contributed by atoms with E-state index in [1.165, 1.54) is 11.3 Å². The van der Waals surface area contributed by atoms with Crippen LogP contribution >= 0.6 is 11.3 Å². The molecule has 0 aliphatic carbocycles. The van der Waals surface area contributed by atoms with E-state index in [-0.39, 0.29) is 5.56 Å². The number of aromatic nitrogens is 3. The van der Waals surface area contributed by atoms with Crippen molar-refractivity contribution in [2.75, 3.05) is 14.2 Å². The highest BCUT2D eigenvalue weighted by atomic mass is 32.1. The number of fused-ring (bicyclic) bond motifs is 1. The van der Waals surface area contributed by atoms with E-state index in [4.69, 9.17) is 9.47 Å². The van der Waals surface area contributed by atoms with Gasteiger partial charge in [0.15, 0.2) is 5.82 Å². The molecule has 6 nitrogen and oxygen atoms in total. The summed E-state index contributed by atoms with van der Waals surface area (Å²) in [6.45, 7) is 0. The van der Waals surface area contributed by atoms with Crippen molar-refractivity contribution in [3.8, 4) is 22.9 Å². The topological polar surface area (TPSA) is 65.7 Å². The first-order valence-electron chi connectivity index (χ1n) is 7.88. The number of hydrogen-bond acceptors (Lipinski definition) is 6. The Labute approximate surface area is 153 Å². The molecule has 7 heteroatoms. The minimum absolute atomic E-state index is 0.154. The molecule has 2 aromatic carbocycles. The van der Waals surface area contributed by atoms with Gasteiger partial charge in [0.05, 0.1) is 18.8 Å². The molecule has 0 fully saturated rings. The van der Waals surface area contributed by atoms with E-state index in [1.54, 1.807) is 24.7 Å². The Bertz CT molecular complexity index is 1180. The van der Waals surface area contributed by atoms with Crippen molar-refractivity contribution in [2.45, 2.75) is 0 Å². The predicted molar refractivity (Wildman–Crippen MR) is 101 cm³/mol. The minimum atomic E-state index is -0.154. The van der Waals surface area contributed by atoms with Gasteiger partial charge in [-0.25, -0.2) is 4.40 Å². The van der Waals surface area contributed by atoms with Crippen LogP contribution in [0, 0.1) is 0 Å². The molecule has 4 rings (SSSR count). The number of thiazole rings is 1. The maximum Gasteiger partial charge on any atom is 0.276 e. The molecule has 2 aromatic heterocycles. The van der Waals surface area contributed by atoms with Crippen LogP contribution in [0.15, 0.2) is 53.3 Å². The molecule has 0 spiro atoms. The van der Waals surface area contributed by atoms with Crippen LogP contribution < -0.4 is 19.6 Å². The summed E-state index contributed by atoms with van der Waals surface area (Å²) in [6, 6.07) is 15.0. The van der Waals surface area contributed by atoms with Gasteiger partial charge in [0.25, 0.3) is 5.56 Å². The smallest absolute Gasteiger partial charge is 0.276 e. The Hall–Kier alpha value is -3.19. The lowest BCUT2D eigenvalue weighted by molar-refractivity contribution is 0.402. The van der Waals surface area contributed by atoms with E-state index >= 15 is 0 Å². The van der Waals surface area contributed by atoms with Gasteiger partial charge < -0.3 is 9.47 Å². The summed E-state index contributed by atoms with van der Waals surface area (Å²) in [5.74, 6) is 1.90. The maximum atomic E-state index is 12.9. The van der Waals surface area contributed by atoms with Crippen molar-refractivity contribution in [3.63, 3.8) is 0 Å². The van der Waals surface area contributed by atoms with E-state index in [1.807, 2.05) is 48.5 Å². The lowest BCUT2D eigenvalue weighted by Gasteiger charge is -2.06. The second-order valence-corrected chi connectivity index (χ2v) is 6.54. The Kier molecular flexibility index (Phi) is 4.14. The van der Waals surface area contributed by atoms with Crippen molar-refractivity contribution >= 4 is 22.4 Å². The van der Waals surface area contributed by atoms with Crippen molar-refractivity contribution in [1.29, 1.82) is 0 Å². The van der Waals surface area contributed by atoms with Crippen LogP contribution in [0.3, 0.4) is 0 Å². The molecule has 0 bridgehead atoms. The number of nitrogens with zero attached hydrogens (tertiary/aromatic N) is 3. The zero-order valence-electron chi connectivity index (χ0n) is 14.2. The Morgan fingerprint density at radius 1 is 1.04 bits per heavy atom. The molecule has 4 aromatic rings. The molecule has 0 saturated heterocycles. The summed E-state index contributed by atoms with van der Waals surface area (Å²) in [5.41, 5.74) is 1.46. The van der Waals surface area contributed by atoms with Gasteiger partial charge in [0.1, 0.15) is 11.5 Å². The molecule has 0 saturated carbocycles. The number of benzene rings is 2. The fourth-order valence-electron chi connectivity index (χ4n) is 2.73. The largest absolute Gasteiger partial charge is 0.497 e. The van der Waals surface area contributed by atoms with E-state index in [9.17, 15) is 4.79 Å². The second-order valence-electron chi connectivity index (χ2n) is 5.53. The summed E-state index contributed by atoms with van der Waals surface area (Å²) in [4.78, 5) is 13.5.